The molecule has 128 valence electrons. The van der Waals surface area contributed by atoms with E-state index in [0.29, 0.717) is 11.3 Å². The van der Waals surface area contributed by atoms with Crippen LogP contribution in [0.25, 0.3) is 22.5 Å². The summed E-state index contributed by atoms with van der Waals surface area (Å²) in [5.41, 5.74) is 1.39. The van der Waals surface area contributed by atoms with Crippen LogP contribution in [0.2, 0.25) is 0 Å². The van der Waals surface area contributed by atoms with Gasteiger partial charge in [0.25, 0.3) is 0 Å². The molecule has 0 aliphatic carbocycles. The number of phenolic OH excluding ortho intramolecular Hbond substituents is 1. The topological polar surface area (TPSA) is 114 Å². The van der Waals surface area contributed by atoms with Crippen molar-refractivity contribution in [3.8, 4) is 17.3 Å². The number of fused-ring (bicyclic) bond motifs is 1. The summed E-state index contributed by atoms with van der Waals surface area (Å²) >= 11 is 0. The Hall–Kier alpha value is -3.94. The second-order valence-electron chi connectivity index (χ2n) is 5.48. The van der Waals surface area contributed by atoms with E-state index < -0.39 is 4.92 Å². The highest BCUT2D eigenvalue weighted by molar-refractivity contribution is 5.92. The number of aromatic nitrogens is 2. The molecule has 0 fully saturated rings. The second-order valence-corrected chi connectivity index (χ2v) is 5.48. The van der Waals surface area contributed by atoms with E-state index in [1.165, 1.54) is 12.1 Å². The third kappa shape index (κ3) is 2.91. The summed E-state index contributed by atoms with van der Waals surface area (Å²) in [4.78, 5) is 19.1. The Morgan fingerprint density at radius 2 is 1.77 bits per heavy atom. The van der Waals surface area contributed by atoms with Crippen LogP contribution in [0.15, 0.2) is 65.1 Å². The summed E-state index contributed by atoms with van der Waals surface area (Å²) in [5, 5.41) is 24.2. The van der Waals surface area contributed by atoms with Gasteiger partial charge in [0.15, 0.2) is 11.6 Å². The first kappa shape index (κ1) is 15.6. The zero-order chi connectivity index (χ0) is 18.1. The Bertz CT molecular complexity index is 1110. The summed E-state index contributed by atoms with van der Waals surface area (Å²) in [6.45, 7) is 0. The van der Waals surface area contributed by atoms with Gasteiger partial charge in [0.2, 0.25) is 0 Å². The summed E-state index contributed by atoms with van der Waals surface area (Å²) in [6, 6.07) is 16.7. The SMILES string of the molecule is O=[N+]([O-])c1ccc(-c2nc(Nc3ccc(O)cc3)c3ccccc3n2)o1. The molecule has 2 aromatic carbocycles. The highest BCUT2D eigenvalue weighted by Crippen LogP contribution is 2.29. The largest absolute Gasteiger partial charge is 0.508 e. The van der Waals surface area contributed by atoms with E-state index in [1.807, 2.05) is 24.3 Å². The predicted octanol–water partition coefficient (Wildman–Crippen LogP) is 4.25. The highest BCUT2D eigenvalue weighted by Gasteiger charge is 2.17. The third-order valence-corrected chi connectivity index (χ3v) is 3.73. The number of nitro groups is 1. The molecule has 0 spiro atoms. The van der Waals surface area contributed by atoms with Gasteiger partial charge in [0.1, 0.15) is 16.5 Å². The number of nitrogens with one attached hydrogen (secondary N) is 1. The number of nitrogens with zero attached hydrogens (tertiary/aromatic N) is 3. The highest BCUT2D eigenvalue weighted by atomic mass is 16.6. The molecule has 0 unspecified atom stereocenters. The summed E-state index contributed by atoms with van der Waals surface area (Å²) < 4.78 is 5.22. The van der Waals surface area contributed by atoms with E-state index in [9.17, 15) is 15.2 Å². The molecular weight excluding hydrogens is 336 g/mol. The van der Waals surface area contributed by atoms with Crippen molar-refractivity contribution < 1.29 is 14.4 Å². The molecule has 2 heterocycles. The molecule has 0 aliphatic rings. The van der Waals surface area contributed by atoms with Gasteiger partial charge in [0.05, 0.1) is 11.6 Å². The van der Waals surface area contributed by atoms with Crippen LogP contribution in [0.1, 0.15) is 0 Å². The molecule has 2 N–H and O–H groups in total. The predicted molar refractivity (Wildman–Crippen MR) is 95.3 cm³/mol. The van der Waals surface area contributed by atoms with Gasteiger partial charge in [-0.1, -0.05) is 12.1 Å². The zero-order valence-corrected chi connectivity index (χ0v) is 13.3. The van der Waals surface area contributed by atoms with Gasteiger partial charge in [-0.05, 0) is 42.5 Å². The van der Waals surface area contributed by atoms with Gasteiger partial charge >= 0.3 is 5.88 Å². The standard InChI is InChI=1S/C18H12N4O4/c23-12-7-5-11(6-8-12)19-17-13-3-1-2-4-14(13)20-18(21-17)15-9-10-16(26-15)22(24)25/h1-10,23H,(H,19,20,21). The monoisotopic (exact) mass is 348 g/mol. The zero-order valence-electron chi connectivity index (χ0n) is 13.3. The minimum Gasteiger partial charge on any atom is -0.508 e. The third-order valence-electron chi connectivity index (χ3n) is 3.73. The fourth-order valence-electron chi connectivity index (χ4n) is 2.51. The average Bonchev–Trinajstić information content (AvgIpc) is 3.14. The van der Waals surface area contributed by atoms with Crippen LogP contribution in [0.3, 0.4) is 0 Å². The van der Waals surface area contributed by atoms with E-state index in [2.05, 4.69) is 15.3 Å². The Labute approximate surface area is 146 Å². The molecule has 8 heteroatoms. The minimum atomic E-state index is -0.611. The van der Waals surface area contributed by atoms with E-state index in [4.69, 9.17) is 4.42 Å². The van der Waals surface area contributed by atoms with Crippen molar-refractivity contribution in [2.75, 3.05) is 5.32 Å². The molecule has 0 saturated carbocycles. The van der Waals surface area contributed by atoms with Crippen molar-refractivity contribution in [3.63, 3.8) is 0 Å². The molecule has 0 bridgehead atoms. The van der Waals surface area contributed by atoms with Crippen molar-refractivity contribution in [2.45, 2.75) is 0 Å². The Balaban J connectivity index is 1.82. The van der Waals surface area contributed by atoms with Crippen molar-refractivity contribution >= 4 is 28.3 Å². The first-order chi connectivity index (χ1) is 12.6. The number of hydrogen-bond acceptors (Lipinski definition) is 7. The van der Waals surface area contributed by atoms with Crippen molar-refractivity contribution in [1.82, 2.24) is 9.97 Å². The summed E-state index contributed by atoms with van der Waals surface area (Å²) in [6.07, 6.45) is 0. The van der Waals surface area contributed by atoms with E-state index in [-0.39, 0.29) is 23.2 Å². The van der Waals surface area contributed by atoms with E-state index in [0.717, 1.165) is 11.1 Å². The molecular formula is C18H12N4O4. The lowest BCUT2D eigenvalue weighted by Crippen LogP contribution is -1.98. The molecule has 0 aliphatic heterocycles. The number of phenols is 1. The minimum absolute atomic E-state index is 0.159. The van der Waals surface area contributed by atoms with E-state index >= 15 is 0 Å². The van der Waals surface area contributed by atoms with E-state index in [1.54, 1.807) is 24.3 Å². The van der Waals surface area contributed by atoms with Gasteiger partial charge in [-0.3, -0.25) is 10.1 Å². The number of furan rings is 1. The Kier molecular flexibility index (Phi) is 3.70. The number of hydrogen-bond donors (Lipinski definition) is 2. The maximum absolute atomic E-state index is 10.8. The van der Waals surface area contributed by atoms with Crippen LogP contribution in [-0.4, -0.2) is 20.0 Å². The first-order valence-corrected chi connectivity index (χ1v) is 7.67. The number of rotatable bonds is 4. The van der Waals surface area contributed by atoms with Gasteiger partial charge in [0, 0.05) is 11.1 Å². The average molecular weight is 348 g/mol. The summed E-state index contributed by atoms with van der Waals surface area (Å²) in [5.74, 6) is 0.751. The molecule has 2 aromatic heterocycles. The van der Waals surface area contributed by atoms with Gasteiger partial charge in [-0.25, -0.2) is 9.97 Å². The maximum Gasteiger partial charge on any atom is 0.433 e. The van der Waals surface area contributed by atoms with Crippen LogP contribution in [0, 0.1) is 10.1 Å². The fourth-order valence-corrected chi connectivity index (χ4v) is 2.51. The second kappa shape index (κ2) is 6.17. The number of benzene rings is 2. The van der Waals surface area contributed by atoms with Gasteiger partial charge in [-0.15, -0.1) is 0 Å². The lowest BCUT2D eigenvalue weighted by Gasteiger charge is -2.10. The number of aromatic hydroxyl groups is 1. The summed E-state index contributed by atoms with van der Waals surface area (Å²) in [7, 11) is 0. The van der Waals surface area contributed by atoms with Gasteiger partial charge in [-0.2, -0.15) is 0 Å². The van der Waals surface area contributed by atoms with Crippen LogP contribution < -0.4 is 5.32 Å². The molecule has 0 atom stereocenters. The van der Waals surface area contributed by atoms with Crippen molar-refractivity contribution in [1.29, 1.82) is 0 Å². The van der Waals surface area contributed by atoms with Crippen LogP contribution in [-0.2, 0) is 0 Å². The molecule has 26 heavy (non-hydrogen) atoms. The molecule has 0 saturated heterocycles. The lowest BCUT2D eigenvalue weighted by atomic mass is 10.2. The van der Waals surface area contributed by atoms with Crippen LogP contribution >= 0.6 is 0 Å². The fraction of sp³-hybridized carbons (Fsp3) is 0. The smallest absolute Gasteiger partial charge is 0.433 e. The van der Waals surface area contributed by atoms with Crippen molar-refractivity contribution in [3.05, 3.63) is 70.8 Å². The molecule has 0 radical (unpaired) electrons. The lowest BCUT2D eigenvalue weighted by molar-refractivity contribution is -0.401. The van der Waals surface area contributed by atoms with Crippen LogP contribution in [0.5, 0.6) is 5.75 Å². The number of anilines is 2. The molecule has 4 aromatic rings. The molecule has 4 rings (SSSR count). The van der Waals surface area contributed by atoms with Gasteiger partial charge < -0.3 is 14.8 Å². The van der Waals surface area contributed by atoms with Crippen molar-refractivity contribution in [2.24, 2.45) is 0 Å². The normalized spacial score (nSPS) is 10.8. The Morgan fingerprint density at radius 3 is 2.50 bits per heavy atom. The molecule has 8 nitrogen and oxygen atoms in total. The van der Waals surface area contributed by atoms with Crippen LogP contribution in [0.4, 0.5) is 17.4 Å². The number of para-hydroxylation sites is 1. The first-order valence-electron chi connectivity index (χ1n) is 7.67. The maximum atomic E-state index is 10.8. The quantitative estimate of drug-likeness (QED) is 0.322. The Morgan fingerprint density at radius 1 is 1.00 bits per heavy atom. The molecule has 0 amide bonds.